The summed E-state index contributed by atoms with van der Waals surface area (Å²) in [5.74, 6) is 1.15. The maximum absolute atomic E-state index is 12.9. The molecule has 2 aromatic carbocycles. The van der Waals surface area contributed by atoms with Gasteiger partial charge in [-0.1, -0.05) is 12.1 Å². The summed E-state index contributed by atoms with van der Waals surface area (Å²) in [7, 11) is 3.03. The van der Waals surface area contributed by atoms with Gasteiger partial charge in [-0.15, -0.1) is 0 Å². The van der Waals surface area contributed by atoms with Gasteiger partial charge in [0, 0.05) is 56.3 Å². The fourth-order valence-corrected chi connectivity index (χ4v) is 4.28. The number of non-ortho nitro benzene ring substituents is 1. The zero-order valence-electron chi connectivity index (χ0n) is 18.4. The van der Waals surface area contributed by atoms with Crippen molar-refractivity contribution in [2.45, 2.75) is 24.9 Å². The van der Waals surface area contributed by atoms with Gasteiger partial charge in [-0.3, -0.25) is 19.7 Å². The summed E-state index contributed by atoms with van der Waals surface area (Å²) in [6.07, 6.45) is 4.21. The molecular weight excluding hydrogens is 428 g/mol. The van der Waals surface area contributed by atoms with Crippen LogP contribution in [0.3, 0.4) is 0 Å². The molecule has 1 fully saturated rings. The molecule has 2 aromatic rings. The Morgan fingerprint density at radius 1 is 1.18 bits per heavy atom. The summed E-state index contributed by atoms with van der Waals surface area (Å²) in [5.41, 5.74) is 0.286. The number of benzene rings is 2. The van der Waals surface area contributed by atoms with Crippen molar-refractivity contribution in [1.82, 2.24) is 4.90 Å². The second-order valence-corrected chi connectivity index (χ2v) is 8.10. The number of nitro groups is 1. The molecule has 2 heterocycles. The number of amides is 1. The molecule has 0 radical (unpaired) electrons. The number of fused-ring (bicyclic) bond motifs is 1. The minimum absolute atomic E-state index is 0.0304. The lowest BCUT2D eigenvalue weighted by molar-refractivity contribution is -0.384. The normalized spacial score (nSPS) is 16.9. The van der Waals surface area contributed by atoms with Gasteiger partial charge in [0.15, 0.2) is 5.78 Å². The standard InChI is InChI=1S/C24H24N2O7/c1-31-18-13-20(32-2)23-19(27)15-24(33-21(23)14-18)8-10-25(11-9-24)22(28)7-6-16-4-3-5-17(12-16)26(29)30/h3-7,12-14H,8-11,15H2,1-2H3/b7-6+. The molecule has 2 aliphatic rings. The number of nitrogens with zero attached hydrogens (tertiary/aromatic N) is 2. The molecule has 2 aliphatic heterocycles. The minimum atomic E-state index is -0.679. The van der Waals surface area contributed by atoms with Crippen LogP contribution in [0.4, 0.5) is 5.69 Å². The average Bonchev–Trinajstić information content (AvgIpc) is 2.82. The summed E-state index contributed by atoms with van der Waals surface area (Å²) < 4.78 is 17.0. The third-order valence-electron chi connectivity index (χ3n) is 6.07. The third kappa shape index (κ3) is 4.52. The van der Waals surface area contributed by atoms with Crippen molar-refractivity contribution in [2.75, 3.05) is 27.3 Å². The Hall–Kier alpha value is -3.88. The topological polar surface area (TPSA) is 108 Å². The number of piperidine rings is 1. The first-order chi connectivity index (χ1) is 15.8. The van der Waals surface area contributed by atoms with Crippen LogP contribution in [-0.2, 0) is 4.79 Å². The van der Waals surface area contributed by atoms with Crippen LogP contribution in [0.15, 0.2) is 42.5 Å². The Morgan fingerprint density at radius 2 is 1.94 bits per heavy atom. The van der Waals surface area contributed by atoms with Crippen molar-refractivity contribution in [3.05, 3.63) is 63.7 Å². The molecule has 9 nitrogen and oxygen atoms in total. The lowest BCUT2D eigenvalue weighted by Gasteiger charge is -2.44. The third-order valence-corrected chi connectivity index (χ3v) is 6.07. The number of carbonyl (C=O) groups excluding carboxylic acids is 2. The molecule has 33 heavy (non-hydrogen) atoms. The van der Waals surface area contributed by atoms with E-state index < -0.39 is 10.5 Å². The van der Waals surface area contributed by atoms with Crippen molar-refractivity contribution in [2.24, 2.45) is 0 Å². The Kier molecular flexibility index (Phi) is 6.04. The lowest BCUT2D eigenvalue weighted by Crippen LogP contribution is -2.52. The van der Waals surface area contributed by atoms with E-state index in [4.69, 9.17) is 14.2 Å². The van der Waals surface area contributed by atoms with Crippen molar-refractivity contribution >= 4 is 23.5 Å². The van der Waals surface area contributed by atoms with Gasteiger partial charge >= 0.3 is 0 Å². The lowest BCUT2D eigenvalue weighted by atomic mass is 9.82. The van der Waals surface area contributed by atoms with E-state index in [1.54, 1.807) is 35.2 Å². The maximum Gasteiger partial charge on any atom is 0.270 e. The Labute approximate surface area is 190 Å². The van der Waals surface area contributed by atoms with Gasteiger partial charge in [0.25, 0.3) is 5.69 Å². The van der Waals surface area contributed by atoms with E-state index in [-0.39, 0.29) is 23.8 Å². The molecule has 9 heteroatoms. The molecule has 0 N–H and O–H groups in total. The largest absolute Gasteiger partial charge is 0.496 e. The van der Waals surface area contributed by atoms with E-state index in [1.165, 1.54) is 32.4 Å². The quantitative estimate of drug-likeness (QED) is 0.387. The zero-order chi connectivity index (χ0) is 23.6. The molecule has 0 saturated carbocycles. The predicted molar refractivity (Wildman–Crippen MR) is 120 cm³/mol. The number of Topliss-reactive ketones (excluding diaryl/α,β-unsaturated/α-hetero) is 1. The van der Waals surface area contributed by atoms with Crippen LogP contribution in [0.5, 0.6) is 17.2 Å². The van der Waals surface area contributed by atoms with Gasteiger partial charge in [-0.2, -0.15) is 0 Å². The molecule has 0 atom stereocenters. The number of hydrogen-bond donors (Lipinski definition) is 0. The summed E-state index contributed by atoms with van der Waals surface area (Å²) in [4.78, 5) is 37.7. The van der Waals surface area contributed by atoms with Gasteiger partial charge in [0.1, 0.15) is 28.4 Å². The highest BCUT2D eigenvalue weighted by atomic mass is 16.6. The number of likely N-dealkylation sites (tertiary alicyclic amines) is 1. The van der Waals surface area contributed by atoms with Gasteiger partial charge < -0.3 is 19.1 Å². The number of ether oxygens (including phenoxy) is 3. The first-order valence-corrected chi connectivity index (χ1v) is 10.5. The predicted octanol–water partition coefficient (Wildman–Crippen LogP) is 3.65. The van der Waals surface area contributed by atoms with Crippen LogP contribution in [0.2, 0.25) is 0 Å². The SMILES string of the molecule is COc1cc(OC)c2c(c1)OC1(CCN(C(=O)/C=C/c3cccc([N+](=O)[O-])c3)CC1)CC2=O. The Bertz CT molecular complexity index is 1130. The molecule has 4 rings (SSSR count). The van der Waals surface area contributed by atoms with Crippen LogP contribution in [0, 0.1) is 10.1 Å². The van der Waals surface area contributed by atoms with Gasteiger partial charge in [-0.05, 0) is 11.6 Å². The van der Waals surface area contributed by atoms with Crippen LogP contribution in [0.25, 0.3) is 6.08 Å². The Morgan fingerprint density at radius 3 is 2.61 bits per heavy atom. The average molecular weight is 452 g/mol. The van der Waals surface area contributed by atoms with Crippen LogP contribution in [0.1, 0.15) is 35.2 Å². The highest BCUT2D eigenvalue weighted by Crippen LogP contribution is 2.44. The van der Waals surface area contributed by atoms with Crippen molar-refractivity contribution in [1.29, 1.82) is 0 Å². The summed E-state index contributed by atoms with van der Waals surface area (Å²) in [6, 6.07) is 9.44. The first kappa shape index (κ1) is 22.3. The van der Waals surface area contributed by atoms with Crippen LogP contribution in [-0.4, -0.2) is 54.4 Å². The van der Waals surface area contributed by atoms with E-state index >= 15 is 0 Å². The minimum Gasteiger partial charge on any atom is -0.496 e. The molecular formula is C24H24N2O7. The molecule has 0 aromatic heterocycles. The van der Waals surface area contributed by atoms with Gasteiger partial charge in [0.2, 0.25) is 5.91 Å². The fourth-order valence-electron chi connectivity index (χ4n) is 4.28. The second-order valence-electron chi connectivity index (χ2n) is 8.10. The molecule has 1 spiro atoms. The number of carbonyl (C=O) groups is 2. The molecule has 1 amide bonds. The van der Waals surface area contributed by atoms with Crippen molar-refractivity contribution in [3.63, 3.8) is 0 Å². The van der Waals surface area contributed by atoms with Crippen molar-refractivity contribution < 1.29 is 28.7 Å². The summed E-state index contributed by atoms with van der Waals surface area (Å²) >= 11 is 0. The number of hydrogen-bond acceptors (Lipinski definition) is 7. The van der Waals surface area contributed by atoms with Crippen LogP contribution >= 0.6 is 0 Å². The molecule has 0 unspecified atom stereocenters. The van der Waals surface area contributed by atoms with Gasteiger partial charge in [0.05, 0.1) is 25.6 Å². The summed E-state index contributed by atoms with van der Waals surface area (Å²) in [6.45, 7) is 0.865. The zero-order valence-corrected chi connectivity index (χ0v) is 18.4. The molecule has 1 saturated heterocycles. The number of nitro benzene ring substituents is 1. The first-order valence-electron chi connectivity index (χ1n) is 10.5. The second kappa shape index (κ2) is 8.93. The van der Waals surface area contributed by atoms with Crippen LogP contribution < -0.4 is 14.2 Å². The molecule has 172 valence electrons. The number of rotatable bonds is 5. The highest BCUT2D eigenvalue weighted by molar-refractivity contribution is 6.03. The van der Waals surface area contributed by atoms with E-state index in [0.29, 0.717) is 54.3 Å². The fraction of sp³-hybridized carbons (Fsp3) is 0.333. The smallest absolute Gasteiger partial charge is 0.270 e. The van der Waals surface area contributed by atoms with Gasteiger partial charge in [-0.25, -0.2) is 0 Å². The van der Waals surface area contributed by atoms with E-state index in [2.05, 4.69) is 0 Å². The molecule has 0 aliphatic carbocycles. The maximum atomic E-state index is 12.9. The number of ketones is 1. The highest BCUT2D eigenvalue weighted by Gasteiger charge is 2.44. The monoisotopic (exact) mass is 452 g/mol. The number of methoxy groups -OCH3 is 2. The Balaban J connectivity index is 1.44. The van der Waals surface area contributed by atoms with E-state index in [1.807, 2.05) is 0 Å². The van der Waals surface area contributed by atoms with Crippen molar-refractivity contribution in [3.8, 4) is 17.2 Å². The van der Waals surface area contributed by atoms with E-state index in [0.717, 1.165) is 0 Å². The molecule has 0 bridgehead atoms. The van der Waals surface area contributed by atoms with E-state index in [9.17, 15) is 19.7 Å². The summed E-state index contributed by atoms with van der Waals surface area (Å²) in [5, 5.41) is 10.9.